The van der Waals surface area contributed by atoms with Gasteiger partial charge < -0.3 is 15.4 Å². The normalized spacial score (nSPS) is 21.0. The standard InChI is InChI=1S/C21H34N2O2/c1-7-23-16-11-9-15(10-12-16)18-14(2)8-13-17(19(18)22-6)20(24)25-21(3,4)5/h8,13,15-16,22-23H,7,9-12H2,1-6H3/t15-,16-. The lowest BCUT2D eigenvalue weighted by atomic mass is 9.78. The van der Waals surface area contributed by atoms with Crippen LogP contribution in [0.3, 0.4) is 0 Å². The van der Waals surface area contributed by atoms with Crippen LogP contribution in [0.15, 0.2) is 12.1 Å². The molecule has 0 unspecified atom stereocenters. The average molecular weight is 347 g/mol. The predicted octanol–water partition coefficient (Wildman–Crippen LogP) is 4.63. The van der Waals surface area contributed by atoms with E-state index in [1.807, 2.05) is 33.9 Å². The SMILES string of the molecule is CCN[C@H]1CC[C@H](c2c(C)ccc(C(=O)OC(C)(C)C)c2NC)CC1. The number of aryl methyl sites for hydroxylation is 1. The second-order valence-corrected chi connectivity index (χ2v) is 8.08. The molecule has 1 aliphatic carbocycles. The molecule has 140 valence electrons. The lowest BCUT2D eigenvalue weighted by Gasteiger charge is -2.32. The summed E-state index contributed by atoms with van der Waals surface area (Å²) in [5.74, 6) is 0.249. The molecular formula is C21H34N2O2. The van der Waals surface area contributed by atoms with Gasteiger partial charge in [-0.25, -0.2) is 4.79 Å². The van der Waals surface area contributed by atoms with Crippen LogP contribution in [0.1, 0.15) is 80.8 Å². The van der Waals surface area contributed by atoms with Gasteiger partial charge in [-0.05, 0) is 83.0 Å². The zero-order valence-electron chi connectivity index (χ0n) is 16.7. The number of esters is 1. The molecule has 0 aromatic heterocycles. The third-order valence-corrected chi connectivity index (χ3v) is 4.96. The van der Waals surface area contributed by atoms with Crippen LogP contribution in [0.25, 0.3) is 0 Å². The first-order valence-electron chi connectivity index (χ1n) is 9.54. The zero-order valence-corrected chi connectivity index (χ0v) is 16.7. The van der Waals surface area contributed by atoms with Gasteiger partial charge in [0.25, 0.3) is 0 Å². The van der Waals surface area contributed by atoms with E-state index in [9.17, 15) is 4.79 Å². The Morgan fingerprint density at radius 1 is 1.20 bits per heavy atom. The first-order valence-corrected chi connectivity index (χ1v) is 9.54. The van der Waals surface area contributed by atoms with E-state index in [0.717, 1.165) is 25.1 Å². The fourth-order valence-corrected chi connectivity index (χ4v) is 3.90. The number of hydrogen-bond donors (Lipinski definition) is 2. The van der Waals surface area contributed by atoms with Crippen molar-refractivity contribution >= 4 is 11.7 Å². The minimum atomic E-state index is -0.489. The van der Waals surface area contributed by atoms with Crippen molar-refractivity contribution in [3.8, 4) is 0 Å². The van der Waals surface area contributed by atoms with E-state index in [4.69, 9.17) is 4.74 Å². The lowest BCUT2D eigenvalue weighted by molar-refractivity contribution is 0.00705. The third kappa shape index (κ3) is 4.97. The largest absolute Gasteiger partial charge is 0.456 e. The Morgan fingerprint density at radius 2 is 1.84 bits per heavy atom. The van der Waals surface area contributed by atoms with Gasteiger partial charge in [-0.2, -0.15) is 0 Å². The summed E-state index contributed by atoms with van der Waals surface area (Å²) in [6.45, 7) is 11.1. The Bertz CT molecular complexity index is 597. The fourth-order valence-electron chi connectivity index (χ4n) is 3.90. The highest BCUT2D eigenvalue weighted by atomic mass is 16.6. The number of ether oxygens (including phenoxy) is 1. The molecule has 25 heavy (non-hydrogen) atoms. The molecule has 1 fully saturated rings. The second kappa shape index (κ2) is 8.22. The van der Waals surface area contributed by atoms with Gasteiger partial charge in [-0.15, -0.1) is 0 Å². The maximum absolute atomic E-state index is 12.7. The van der Waals surface area contributed by atoms with Crippen molar-refractivity contribution in [1.82, 2.24) is 5.32 Å². The summed E-state index contributed by atoms with van der Waals surface area (Å²) >= 11 is 0. The van der Waals surface area contributed by atoms with Gasteiger partial charge in [0.1, 0.15) is 5.60 Å². The average Bonchev–Trinajstić information content (AvgIpc) is 2.54. The quantitative estimate of drug-likeness (QED) is 0.763. The first kappa shape index (κ1) is 19.8. The number of anilines is 1. The minimum absolute atomic E-state index is 0.251. The Hall–Kier alpha value is -1.55. The highest BCUT2D eigenvalue weighted by Gasteiger charge is 2.28. The van der Waals surface area contributed by atoms with E-state index in [0.29, 0.717) is 17.5 Å². The van der Waals surface area contributed by atoms with Crippen molar-refractivity contribution in [2.75, 3.05) is 18.9 Å². The summed E-state index contributed by atoms with van der Waals surface area (Å²) in [6.07, 6.45) is 4.70. The topological polar surface area (TPSA) is 50.4 Å². The van der Waals surface area contributed by atoms with Crippen LogP contribution in [0.4, 0.5) is 5.69 Å². The second-order valence-electron chi connectivity index (χ2n) is 8.08. The maximum atomic E-state index is 12.7. The van der Waals surface area contributed by atoms with Gasteiger partial charge in [-0.1, -0.05) is 13.0 Å². The van der Waals surface area contributed by atoms with Crippen LogP contribution in [0, 0.1) is 6.92 Å². The van der Waals surface area contributed by atoms with E-state index in [-0.39, 0.29) is 5.97 Å². The number of rotatable bonds is 5. The van der Waals surface area contributed by atoms with Crippen LogP contribution in [-0.2, 0) is 4.74 Å². The van der Waals surface area contributed by atoms with E-state index in [1.165, 1.54) is 24.0 Å². The Labute approximate surface area is 152 Å². The van der Waals surface area contributed by atoms with Crippen molar-refractivity contribution in [3.05, 3.63) is 28.8 Å². The van der Waals surface area contributed by atoms with Crippen LogP contribution in [-0.4, -0.2) is 31.2 Å². The van der Waals surface area contributed by atoms with Crippen molar-refractivity contribution in [1.29, 1.82) is 0 Å². The number of carbonyl (C=O) groups excluding carboxylic acids is 1. The molecule has 0 heterocycles. The summed E-state index contributed by atoms with van der Waals surface area (Å²) in [7, 11) is 1.90. The molecule has 4 heteroatoms. The summed E-state index contributed by atoms with van der Waals surface area (Å²) in [4.78, 5) is 12.7. The molecule has 1 saturated carbocycles. The monoisotopic (exact) mass is 346 g/mol. The molecule has 2 rings (SSSR count). The molecule has 0 aliphatic heterocycles. The summed E-state index contributed by atoms with van der Waals surface area (Å²) in [5.41, 5.74) is 3.65. The van der Waals surface area contributed by atoms with Gasteiger partial charge in [0.15, 0.2) is 0 Å². The number of hydrogen-bond acceptors (Lipinski definition) is 4. The Morgan fingerprint density at radius 3 is 2.36 bits per heavy atom. The fraction of sp³-hybridized carbons (Fsp3) is 0.667. The molecule has 0 bridgehead atoms. The highest BCUT2D eigenvalue weighted by Crippen LogP contribution is 2.40. The number of carbonyl (C=O) groups is 1. The van der Waals surface area contributed by atoms with Gasteiger partial charge in [-0.3, -0.25) is 0 Å². The third-order valence-electron chi connectivity index (χ3n) is 4.96. The molecular weight excluding hydrogens is 312 g/mol. The highest BCUT2D eigenvalue weighted by molar-refractivity contribution is 5.97. The number of nitrogens with one attached hydrogen (secondary N) is 2. The first-order chi connectivity index (χ1) is 11.8. The zero-order chi connectivity index (χ0) is 18.6. The molecule has 1 aromatic rings. The number of benzene rings is 1. The molecule has 0 amide bonds. The molecule has 0 saturated heterocycles. The summed E-state index contributed by atoms with van der Waals surface area (Å²) < 4.78 is 5.61. The van der Waals surface area contributed by atoms with Crippen LogP contribution in [0.5, 0.6) is 0 Å². The molecule has 2 N–H and O–H groups in total. The minimum Gasteiger partial charge on any atom is -0.456 e. The van der Waals surface area contributed by atoms with E-state index in [2.05, 4.69) is 30.5 Å². The van der Waals surface area contributed by atoms with E-state index < -0.39 is 5.60 Å². The Kier molecular flexibility index (Phi) is 6.50. The van der Waals surface area contributed by atoms with Crippen molar-refractivity contribution < 1.29 is 9.53 Å². The lowest BCUT2D eigenvalue weighted by Crippen LogP contribution is -2.32. The summed E-state index contributed by atoms with van der Waals surface area (Å²) in [6, 6.07) is 4.59. The molecule has 1 aromatic carbocycles. The predicted molar refractivity (Wildman–Crippen MR) is 105 cm³/mol. The van der Waals surface area contributed by atoms with E-state index >= 15 is 0 Å². The van der Waals surface area contributed by atoms with Gasteiger partial charge >= 0.3 is 5.97 Å². The van der Waals surface area contributed by atoms with E-state index in [1.54, 1.807) is 0 Å². The van der Waals surface area contributed by atoms with Crippen molar-refractivity contribution in [2.24, 2.45) is 0 Å². The molecule has 0 radical (unpaired) electrons. The summed E-state index contributed by atoms with van der Waals surface area (Å²) in [5, 5.41) is 6.85. The Balaban J connectivity index is 2.29. The van der Waals surface area contributed by atoms with Gasteiger partial charge in [0.05, 0.1) is 11.3 Å². The molecule has 4 nitrogen and oxygen atoms in total. The maximum Gasteiger partial charge on any atom is 0.340 e. The van der Waals surface area contributed by atoms with Crippen molar-refractivity contribution in [3.63, 3.8) is 0 Å². The van der Waals surface area contributed by atoms with Gasteiger partial charge in [0.2, 0.25) is 0 Å². The van der Waals surface area contributed by atoms with Crippen molar-refractivity contribution in [2.45, 2.75) is 77.9 Å². The van der Waals surface area contributed by atoms with Crippen LogP contribution < -0.4 is 10.6 Å². The van der Waals surface area contributed by atoms with Crippen LogP contribution in [0.2, 0.25) is 0 Å². The smallest absolute Gasteiger partial charge is 0.340 e. The molecule has 0 spiro atoms. The molecule has 1 aliphatic rings. The van der Waals surface area contributed by atoms with Crippen LogP contribution >= 0.6 is 0 Å². The molecule has 0 atom stereocenters. The van der Waals surface area contributed by atoms with Gasteiger partial charge in [0, 0.05) is 13.1 Å².